The first-order chi connectivity index (χ1) is 11.5. The molecular formula is C19H26BNO4. The summed E-state index contributed by atoms with van der Waals surface area (Å²) in [4.78, 5) is 17.8. The van der Waals surface area contributed by atoms with Gasteiger partial charge in [0, 0.05) is 5.56 Å². The van der Waals surface area contributed by atoms with Gasteiger partial charge in [-0.2, -0.15) is 0 Å². The molecule has 25 heavy (non-hydrogen) atoms. The highest BCUT2D eigenvalue weighted by Gasteiger charge is 2.54. The molecule has 2 aliphatic rings. The van der Waals surface area contributed by atoms with Crippen LogP contribution in [-0.4, -0.2) is 35.4 Å². The van der Waals surface area contributed by atoms with Crippen LogP contribution in [0.5, 0.6) is 0 Å². The van der Waals surface area contributed by atoms with Crippen LogP contribution >= 0.6 is 0 Å². The maximum absolute atomic E-state index is 12.5. The normalized spacial score (nSPS) is 27.4. The minimum Gasteiger partial charge on any atom is -0.399 e. The fourth-order valence-electron chi connectivity index (χ4n) is 3.18. The minimum atomic E-state index is -0.913. The van der Waals surface area contributed by atoms with Gasteiger partial charge in [0.05, 0.1) is 11.2 Å². The van der Waals surface area contributed by atoms with Gasteiger partial charge in [-0.1, -0.05) is 35.8 Å². The molecule has 1 aromatic rings. The van der Waals surface area contributed by atoms with Gasteiger partial charge < -0.3 is 14.1 Å². The molecule has 1 aromatic carbocycles. The molecule has 0 radical (unpaired) electrons. The Bertz CT molecular complexity index is 756. The van der Waals surface area contributed by atoms with Crippen molar-refractivity contribution in [1.82, 2.24) is 0 Å². The average molecular weight is 343 g/mol. The zero-order valence-corrected chi connectivity index (χ0v) is 16.1. The zero-order chi connectivity index (χ0) is 18.6. The van der Waals surface area contributed by atoms with E-state index in [1.165, 1.54) is 0 Å². The third kappa shape index (κ3) is 2.81. The van der Waals surface area contributed by atoms with Crippen molar-refractivity contribution < 1.29 is 18.9 Å². The van der Waals surface area contributed by atoms with Crippen molar-refractivity contribution in [3.05, 3.63) is 29.3 Å². The Hall–Kier alpha value is -1.66. The number of benzene rings is 1. The summed E-state index contributed by atoms with van der Waals surface area (Å²) in [6, 6.07) is 5.78. The van der Waals surface area contributed by atoms with Crippen molar-refractivity contribution in [2.75, 3.05) is 0 Å². The van der Waals surface area contributed by atoms with Crippen LogP contribution < -0.4 is 5.46 Å². The summed E-state index contributed by atoms with van der Waals surface area (Å²) >= 11 is 0. The number of rotatable bonds is 3. The number of hydrogen-bond acceptors (Lipinski definition) is 5. The van der Waals surface area contributed by atoms with Gasteiger partial charge in [-0.15, -0.1) is 0 Å². The van der Waals surface area contributed by atoms with Crippen LogP contribution in [0.1, 0.15) is 59.1 Å². The highest BCUT2D eigenvalue weighted by Crippen LogP contribution is 2.39. The van der Waals surface area contributed by atoms with E-state index >= 15 is 0 Å². The van der Waals surface area contributed by atoms with E-state index in [9.17, 15) is 4.79 Å². The molecule has 1 unspecified atom stereocenters. The fraction of sp³-hybridized carbons (Fsp3) is 0.579. The average Bonchev–Trinajstić information content (AvgIpc) is 2.94. The number of carbonyl (C=O) groups excluding carboxylic acids is 1. The van der Waals surface area contributed by atoms with Crippen molar-refractivity contribution in [3.8, 4) is 0 Å². The molecule has 0 amide bonds. The van der Waals surface area contributed by atoms with E-state index in [1.807, 2.05) is 25.1 Å². The van der Waals surface area contributed by atoms with Crippen LogP contribution in [0.4, 0.5) is 0 Å². The minimum absolute atomic E-state index is 0.116. The lowest BCUT2D eigenvalue weighted by molar-refractivity contribution is -0.128. The van der Waals surface area contributed by atoms with Crippen LogP contribution in [0.15, 0.2) is 23.4 Å². The van der Waals surface area contributed by atoms with Crippen molar-refractivity contribution in [2.24, 2.45) is 5.16 Å². The van der Waals surface area contributed by atoms with Crippen LogP contribution in [0.2, 0.25) is 0 Å². The van der Waals surface area contributed by atoms with E-state index in [-0.39, 0.29) is 11.4 Å². The largest absolute Gasteiger partial charge is 0.495 e. The van der Waals surface area contributed by atoms with Gasteiger partial charge in [0.15, 0.2) is 11.3 Å². The fourth-order valence-corrected chi connectivity index (χ4v) is 3.18. The number of aryl methyl sites for hydroxylation is 1. The van der Waals surface area contributed by atoms with Crippen molar-refractivity contribution in [3.63, 3.8) is 0 Å². The van der Waals surface area contributed by atoms with Gasteiger partial charge in [-0.25, -0.2) is 0 Å². The Morgan fingerprint density at radius 2 is 1.80 bits per heavy atom. The summed E-state index contributed by atoms with van der Waals surface area (Å²) in [5.41, 5.74) is 1.36. The molecule has 3 rings (SSSR count). The number of hydrogen-bond donors (Lipinski definition) is 0. The van der Waals surface area contributed by atoms with Gasteiger partial charge in [-0.3, -0.25) is 4.79 Å². The molecule has 5 nitrogen and oxygen atoms in total. The SMILES string of the molecule is CCC1(C)OB(c2cc(C3=NOC(C)(C)C3=O)ccc2C)OC1(C)C. The van der Waals surface area contributed by atoms with Gasteiger partial charge in [0.2, 0.25) is 5.78 Å². The Balaban J connectivity index is 1.96. The Labute approximate surface area is 149 Å². The quantitative estimate of drug-likeness (QED) is 0.792. The van der Waals surface area contributed by atoms with Crippen LogP contribution in [0.25, 0.3) is 0 Å². The van der Waals surface area contributed by atoms with Crippen LogP contribution in [0, 0.1) is 6.92 Å². The van der Waals surface area contributed by atoms with Gasteiger partial charge in [0.25, 0.3) is 0 Å². The molecular weight excluding hydrogens is 317 g/mol. The number of ketones is 1. The lowest BCUT2D eigenvalue weighted by Gasteiger charge is -2.35. The highest BCUT2D eigenvalue weighted by molar-refractivity contribution is 6.63. The second kappa shape index (κ2) is 5.68. The molecule has 134 valence electrons. The number of nitrogens with zero attached hydrogens (tertiary/aromatic N) is 1. The maximum Gasteiger partial charge on any atom is 0.495 e. The van der Waals surface area contributed by atoms with E-state index < -0.39 is 18.3 Å². The smallest absolute Gasteiger partial charge is 0.399 e. The predicted molar refractivity (Wildman–Crippen MR) is 98.2 cm³/mol. The Morgan fingerprint density at radius 3 is 2.32 bits per heavy atom. The van der Waals surface area contributed by atoms with Crippen molar-refractivity contribution in [1.29, 1.82) is 0 Å². The van der Waals surface area contributed by atoms with E-state index in [1.54, 1.807) is 13.8 Å². The molecule has 0 bridgehead atoms. The molecule has 0 saturated carbocycles. The standard InChI is InChI=1S/C19H26BNO4/c1-8-19(7)18(5,6)23-20(24-19)14-11-13(10-9-12(14)2)15-16(22)17(3,4)25-21-15/h9-11H,8H2,1-7H3. The highest BCUT2D eigenvalue weighted by atomic mass is 16.7. The van der Waals surface area contributed by atoms with Gasteiger partial charge in [-0.05, 0) is 53.4 Å². The topological polar surface area (TPSA) is 57.1 Å². The number of oxime groups is 1. The first-order valence-electron chi connectivity index (χ1n) is 8.78. The summed E-state index contributed by atoms with van der Waals surface area (Å²) in [6.07, 6.45) is 0.850. The van der Waals surface area contributed by atoms with E-state index in [2.05, 4.69) is 32.9 Å². The summed E-state index contributed by atoms with van der Waals surface area (Å²) in [7, 11) is -0.467. The zero-order valence-electron chi connectivity index (χ0n) is 16.1. The molecule has 1 saturated heterocycles. The second-order valence-corrected chi connectivity index (χ2v) is 8.10. The molecule has 6 heteroatoms. The molecule has 0 spiro atoms. The molecule has 0 aromatic heterocycles. The molecule has 2 aliphatic heterocycles. The van der Waals surface area contributed by atoms with Gasteiger partial charge >= 0.3 is 7.12 Å². The molecule has 0 aliphatic carbocycles. The lowest BCUT2D eigenvalue weighted by atomic mass is 9.75. The van der Waals surface area contributed by atoms with E-state index in [4.69, 9.17) is 14.1 Å². The maximum atomic E-state index is 12.5. The summed E-state index contributed by atoms with van der Waals surface area (Å²) in [5, 5.41) is 4.00. The summed E-state index contributed by atoms with van der Waals surface area (Å²) in [6.45, 7) is 13.7. The Kier molecular flexibility index (Phi) is 4.12. The molecule has 1 fully saturated rings. The monoisotopic (exact) mass is 343 g/mol. The first kappa shape index (κ1) is 18.1. The summed E-state index contributed by atoms with van der Waals surface area (Å²) < 4.78 is 12.5. The van der Waals surface area contributed by atoms with Crippen LogP contribution in [-0.2, 0) is 18.9 Å². The summed E-state index contributed by atoms with van der Waals surface area (Å²) in [5.74, 6) is -0.116. The van der Waals surface area contributed by atoms with E-state index in [0.717, 1.165) is 23.0 Å². The predicted octanol–water partition coefficient (Wildman–Crippen LogP) is 2.77. The van der Waals surface area contributed by atoms with Gasteiger partial charge in [0.1, 0.15) is 0 Å². The lowest BCUT2D eigenvalue weighted by Crippen LogP contribution is -2.44. The number of Topliss-reactive ketones (excluding diaryl/α,β-unsaturated/α-hetero) is 1. The second-order valence-electron chi connectivity index (χ2n) is 8.10. The van der Waals surface area contributed by atoms with Crippen molar-refractivity contribution in [2.45, 2.75) is 71.7 Å². The number of carbonyl (C=O) groups is 1. The first-order valence-corrected chi connectivity index (χ1v) is 8.78. The Morgan fingerprint density at radius 1 is 1.12 bits per heavy atom. The van der Waals surface area contributed by atoms with Crippen LogP contribution in [0.3, 0.4) is 0 Å². The third-order valence-electron chi connectivity index (χ3n) is 5.65. The molecule has 0 N–H and O–H groups in total. The van der Waals surface area contributed by atoms with Crippen molar-refractivity contribution >= 4 is 24.1 Å². The molecule has 1 atom stereocenters. The van der Waals surface area contributed by atoms with E-state index in [0.29, 0.717) is 5.71 Å². The third-order valence-corrected chi connectivity index (χ3v) is 5.65. The molecule has 2 heterocycles.